The first kappa shape index (κ1) is 19.0. The lowest BCUT2D eigenvalue weighted by Gasteiger charge is -2.04. The van der Waals surface area contributed by atoms with E-state index in [0.29, 0.717) is 24.0 Å². The summed E-state index contributed by atoms with van der Waals surface area (Å²) in [5.74, 6) is 1.12. The molecular formula is C18H22N2O4S. The maximum Gasteiger partial charge on any atom is 0.244 e. The Balaban J connectivity index is 1.90. The van der Waals surface area contributed by atoms with Gasteiger partial charge in [0.1, 0.15) is 11.5 Å². The number of nitrogens with one attached hydrogen (secondary N) is 2. The number of sulfonamides is 1. The molecule has 1 heterocycles. The molecule has 2 N–H and O–H groups in total. The SMILES string of the molecule is CC(C)CNC(=O)/C=C/c1ccc(CNS(=O)(=O)c2ccccc2)o1. The molecule has 0 atom stereocenters. The summed E-state index contributed by atoms with van der Waals surface area (Å²) in [5.41, 5.74) is 0. The van der Waals surface area contributed by atoms with Crippen LogP contribution in [0.25, 0.3) is 6.08 Å². The van der Waals surface area contributed by atoms with E-state index in [1.807, 2.05) is 13.8 Å². The summed E-state index contributed by atoms with van der Waals surface area (Å²) in [4.78, 5) is 11.8. The molecule has 7 heteroatoms. The normalized spacial score (nSPS) is 12.0. The summed E-state index contributed by atoms with van der Waals surface area (Å²) in [6.07, 6.45) is 2.93. The molecule has 0 aliphatic heterocycles. The van der Waals surface area contributed by atoms with Crippen LogP contribution >= 0.6 is 0 Å². The van der Waals surface area contributed by atoms with Crippen molar-refractivity contribution in [2.75, 3.05) is 6.54 Å². The average molecular weight is 362 g/mol. The Kier molecular flexibility index (Phi) is 6.55. The van der Waals surface area contributed by atoms with Crippen LogP contribution < -0.4 is 10.0 Å². The smallest absolute Gasteiger partial charge is 0.244 e. The van der Waals surface area contributed by atoms with E-state index in [4.69, 9.17) is 4.42 Å². The third-order valence-electron chi connectivity index (χ3n) is 3.26. The van der Waals surface area contributed by atoms with E-state index in [2.05, 4.69) is 10.0 Å². The average Bonchev–Trinajstić information content (AvgIpc) is 3.05. The number of hydrogen-bond donors (Lipinski definition) is 2. The number of carbonyl (C=O) groups is 1. The largest absolute Gasteiger partial charge is 0.460 e. The van der Waals surface area contributed by atoms with Crippen LogP contribution in [0.2, 0.25) is 0 Å². The van der Waals surface area contributed by atoms with Crippen LogP contribution in [-0.4, -0.2) is 20.9 Å². The van der Waals surface area contributed by atoms with Crippen molar-refractivity contribution in [3.63, 3.8) is 0 Å². The van der Waals surface area contributed by atoms with Gasteiger partial charge in [0.25, 0.3) is 0 Å². The Bertz CT molecular complexity index is 824. The van der Waals surface area contributed by atoms with Crippen LogP contribution in [0.1, 0.15) is 25.4 Å². The zero-order valence-corrected chi connectivity index (χ0v) is 15.0. The van der Waals surface area contributed by atoms with Gasteiger partial charge < -0.3 is 9.73 Å². The van der Waals surface area contributed by atoms with Crippen molar-refractivity contribution in [3.8, 4) is 0 Å². The Labute approximate surface area is 148 Å². The maximum absolute atomic E-state index is 12.1. The van der Waals surface area contributed by atoms with Gasteiger partial charge in [-0.3, -0.25) is 4.79 Å². The second kappa shape index (κ2) is 8.64. The molecule has 0 fully saturated rings. The van der Waals surface area contributed by atoms with Crippen molar-refractivity contribution in [3.05, 3.63) is 60.1 Å². The molecule has 6 nitrogen and oxygen atoms in total. The predicted octanol–water partition coefficient (Wildman–Crippen LogP) is 2.54. The van der Waals surface area contributed by atoms with Gasteiger partial charge in [-0.2, -0.15) is 0 Å². The van der Waals surface area contributed by atoms with Gasteiger partial charge in [-0.25, -0.2) is 13.1 Å². The lowest BCUT2D eigenvalue weighted by atomic mass is 10.2. The maximum atomic E-state index is 12.1. The van der Waals surface area contributed by atoms with E-state index in [1.165, 1.54) is 18.2 Å². The summed E-state index contributed by atoms with van der Waals surface area (Å²) < 4.78 is 32.2. The van der Waals surface area contributed by atoms with E-state index in [9.17, 15) is 13.2 Å². The number of benzene rings is 1. The van der Waals surface area contributed by atoms with Crippen LogP contribution in [-0.2, 0) is 21.4 Å². The highest BCUT2D eigenvalue weighted by atomic mass is 32.2. The highest BCUT2D eigenvalue weighted by Crippen LogP contribution is 2.12. The summed E-state index contributed by atoms with van der Waals surface area (Å²) in [5, 5.41) is 2.76. The van der Waals surface area contributed by atoms with E-state index in [0.717, 1.165) is 0 Å². The quantitative estimate of drug-likeness (QED) is 0.707. The topological polar surface area (TPSA) is 88.4 Å². The zero-order valence-electron chi connectivity index (χ0n) is 14.2. The number of rotatable bonds is 8. The molecule has 134 valence electrons. The Morgan fingerprint density at radius 2 is 1.88 bits per heavy atom. The Hall–Kier alpha value is -2.38. The van der Waals surface area contributed by atoms with Gasteiger partial charge in [-0.05, 0) is 36.3 Å². The zero-order chi connectivity index (χ0) is 18.3. The molecule has 1 aromatic carbocycles. The van der Waals surface area contributed by atoms with Gasteiger partial charge in [0.15, 0.2) is 0 Å². The highest BCUT2D eigenvalue weighted by molar-refractivity contribution is 7.89. The van der Waals surface area contributed by atoms with Crippen LogP contribution in [0.15, 0.2) is 57.9 Å². The number of hydrogen-bond acceptors (Lipinski definition) is 4. The lowest BCUT2D eigenvalue weighted by Crippen LogP contribution is -2.25. The second-order valence-electron chi connectivity index (χ2n) is 5.91. The molecule has 0 aliphatic rings. The number of amides is 1. The van der Waals surface area contributed by atoms with E-state index in [-0.39, 0.29) is 17.3 Å². The third kappa shape index (κ3) is 6.21. The van der Waals surface area contributed by atoms with E-state index in [1.54, 1.807) is 36.4 Å². The second-order valence-corrected chi connectivity index (χ2v) is 7.68. The summed E-state index contributed by atoms with van der Waals surface area (Å²) in [6, 6.07) is 11.5. The van der Waals surface area contributed by atoms with E-state index >= 15 is 0 Å². The molecule has 1 amide bonds. The molecule has 0 radical (unpaired) electrons. The van der Waals surface area contributed by atoms with Gasteiger partial charge in [0.05, 0.1) is 11.4 Å². The van der Waals surface area contributed by atoms with Crippen LogP contribution in [0.5, 0.6) is 0 Å². The van der Waals surface area contributed by atoms with Crippen molar-refractivity contribution < 1.29 is 17.6 Å². The van der Waals surface area contributed by atoms with Crippen molar-refractivity contribution in [1.82, 2.24) is 10.0 Å². The molecule has 25 heavy (non-hydrogen) atoms. The van der Waals surface area contributed by atoms with Crippen molar-refractivity contribution in [2.45, 2.75) is 25.3 Å². The minimum atomic E-state index is -3.58. The Morgan fingerprint density at radius 3 is 2.56 bits per heavy atom. The molecule has 0 saturated carbocycles. The van der Waals surface area contributed by atoms with Gasteiger partial charge in [0, 0.05) is 12.6 Å². The standard InChI is InChI=1S/C18H22N2O4S/c1-14(2)12-19-18(21)11-10-15-8-9-16(24-15)13-20-25(22,23)17-6-4-3-5-7-17/h3-11,14,20H,12-13H2,1-2H3,(H,19,21)/b11-10+. The Morgan fingerprint density at radius 1 is 1.16 bits per heavy atom. The molecule has 2 rings (SSSR count). The molecule has 0 unspecified atom stereocenters. The van der Waals surface area contributed by atoms with Gasteiger partial charge in [-0.1, -0.05) is 32.0 Å². The number of carbonyl (C=O) groups excluding carboxylic acids is 1. The van der Waals surface area contributed by atoms with Gasteiger partial charge in [0.2, 0.25) is 15.9 Å². The monoisotopic (exact) mass is 362 g/mol. The molecule has 1 aromatic heterocycles. The fourth-order valence-electron chi connectivity index (χ4n) is 1.95. The lowest BCUT2D eigenvalue weighted by molar-refractivity contribution is -0.116. The molecule has 0 bridgehead atoms. The summed E-state index contributed by atoms with van der Waals surface area (Å²) in [7, 11) is -3.58. The van der Waals surface area contributed by atoms with Gasteiger partial charge in [-0.15, -0.1) is 0 Å². The fourth-order valence-corrected chi connectivity index (χ4v) is 2.96. The minimum absolute atomic E-state index is 0.0324. The summed E-state index contributed by atoms with van der Waals surface area (Å²) >= 11 is 0. The van der Waals surface area contributed by atoms with E-state index < -0.39 is 10.0 Å². The third-order valence-corrected chi connectivity index (χ3v) is 4.67. The van der Waals surface area contributed by atoms with Crippen LogP contribution in [0.3, 0.4) is 0 Å². The first-order chi connectivity index (χ1) is 11.9. The summed E-state index contributed by atoms with van der Waals surface area (Å²) in [6.45, 7) is 4.66. The van der Waals surface area contributed by atoms with Crippen LogP contribution in [0, 0.1) is 5.92 Å². The molecule has 0 saturated heterocycles. The van der Waals surface area contributed by atoms with Crippen molar-refractivity contribution in [1.29, 1.82) is 0 Å². The molecular weight excluding hydrogens is 340 g/mol. The van der Waals surface area contributed by atoms with Gasteiger partial charge >= 0.3 is 0 Å². The molecule has 2 aromatic rings. The first-order valence-corrected chi connectivity index (χ1v) is 9.44. The molecule has 0 aliphatic carbocycles. The highest BCUT2D eigenvalue weighted by Gasteiger charge is 2.13. The van der Waals surface area contributed by atoms with Crippen molar-refractivity contribution >= 4 is 22.0 Å². The first-order valence-electron chi connectivity index (χ1n) is 7.96. The fraction of sp³-hybridized carbons (Fsp3) is 0.278. The molecule has 0 spiro atoms. The minimum Gasteiger partial charge on any atom is -0.460 e. The van der Waals surface area contributed by atoms with Crippen molar-refractivity contribution in [2.24, 2.45) is 5.92 Å². The number of furan rings is 1. The predicted molar refractivity (Wildman–Crippen MR) is 96.1 cm³/mol. The van der Waals surface area contributed by atoms with Crippen LogP contribution in [0.4, 0.5) is 0 Å².